The second-order valence-corrected chi connectivity index (χ2v) is 6.78. The molecule has 0 aliphatic rings. The predicted octanol–water partition coefficient (Wildman–Crippen LogP) is 4.39. The Kier molecular flexibility index (Phi) is 3.81. The van der Waals surface area contributed by atoms with Crippen LogP contribution in [0, 0.1) is 4.77 Å². The summed E-state index contributed by atoms with van der Waals surface area (Å²) in [5, 5.41) is -0.542. The molecule has 3 aromatic rings. The van der Waals surface area contributed by atoms with Crippen LogP contribution in [-0.2, 0) is 13.2 Å². The predicted molar refractivity (Wildman–Crippen MR) is 85.5 cm³/mol. The van der Waals surface area contributed by atoms with Gasteiger partial charge in [0.2, 0.25) is 0 Å². The topological polar surface area (TPSA) is 50.7 Å². The Morgan fingerprint density at radius 1 is 1.39 bits per heavy atom. The molecule has 3 rings (SSSR count). The highest BCUT2D eigenvalue weighted by Crippen LogP contribution is 2.37. The molecule has 0 spiro atoms. The van der Waals surface area contributed by atoms with E-state index in [4.69, 9.17) is 23.8 Å². The summed E-state index contributed by atoms with van der Waals surface area (Å²) in [7, 11) is 1.44. The van der Waals surface area contributed by atoms with Gasteiger partial charge in [-0.15, -0.1) is 11.3 Å². The zero-order valence-corrected chi connectivity index (χ0v) is 13.8. The standard InChI is InChI=1S/C13H7ClF3N3OS2/c1-20-10-9(11(21)19-12(20)22)5(13(15,16)17)4-6(18-10)7-2-3-8(14)23-7/h2-4H,1H3,(H,19,21,22). The maximum absolute atomic E-state index is 13.4. The summed E-state index contributed by atoms with van der Waals surface area (Å²) in [6.07, 6.45) is -4.71. The fraction of sp³-hybridized carbons (Fsp3) is 0.154. The van der Waals surface area contributed by atoms with Gasteiger partial charge in [-0.25, -0.2) is 4.98 Å². The fourth-order valence-electron chi connectivity index (χ4n) is 2.14. The molecule has 3 aromatic heterocycles. The molecular formula is C13H7ClF3N3OS2. The van der Waals surface area contributed by atoms with E-state index in [1.165, 1.54) is 11.6 Å². The molecule has 10 heteroatoms. The molecular weight excluding hydrogens is 371 g/mol. The van der Waals surface area contributed by atoms with Gasteiger partial charge in [0, 0.05) is 7.05 Å². The lowest BCUT2D eigenvalue weighted by Gasteiger charge is -2.13. The van der Waals surface area contributed by atoms with Crippen LogP contribution in [0.5, 0.6) is 0 Å². The van der Waals surface area contributed by atoms with E-state index in [0.717, 1.165) is 17.4 Å². The summed E-state index contributed by atoms with van der Waals surface area (Å²) in [5.74, 6) is 0. The minimum absolute atomic E-state index is 0.00973. The Labute approximate surface area is 141 Å². The second kappa shape index (κ2) is 5.43. The highest BCUT2D eigenvalue weighted by atomic mass is 35.5. The van der Waals surface area contributed by atoms with E-state index >= 15 is 0 Å². The number of aromatic nitrogens is 3. The molecule has 0 radical (unpaired) electrons. The number of hydrogen-bond donors (Lipinski definition) is 1. The summed E-state index contributed by atoms with van der Waals surface area (Å²) >= 11 is 11.9. The van der Waals surface area contributed by atoms with Crippen LogP contribution < -0.4 is 5.56 Å². The lowest BCUT2D eigenvalue weighted by Crippen LogP contribution is -2.19. The van der Waals surface area contributed by atoms with Crippen molar-refractivity contribution < 1.29 is 13.2 Å². The molecule has 0 bridgehead atoms. The van der Waals surface area contributed by atoms with E-state index in [0.29, 0.717) is 9.21 Å². The average molecular weight is 378 g/mol. The molecule has 0 aliphatic carbocycles. The van der Waals surface area contributed by atoms with Crippen molar-refractivity contribution >= 4 is 46.2 Å². The second-order valence-electron chi connectivity index (χ2n) is 4.67. The molecule has 1 N–H and O–H groups in total. The van der Waals surface area contributed by atoms with Crippen molar-refractivity contribution in [1.82, 2.24) is 14.5 Å². The SMILES string of the molecule is Cn1c(=S)[nH]c(=O)c2c(C(F)(F)F)cc(-c3ccc(Cl)s3)nc21. The molecule has 0 unspecified atom stereocenters. The highest BCUT2D eigenvalue weighted by Gasteiger charge is 2.35. The van der Waals surface area contributed by atoms with Gasteiger partial charge in [0.1, 0.15) is 5.65 Å². The molecule has 0 saturated heterocycles. The van der Waals surface area contributed by atoms with Crippen molar-refractivity contribution in [3.63, 3.8) is 0 Å². The molecule has 0 aliphatic heterocycles. The summed E-state index contributed by atoms with van der Waals surface area (Å²) < 4.78 is 41.8. The molecule has 0 fully saturated rings. The third-order valence-electron chi connectivity index (χ3n) is 3.20. The minimum atomic E-state index is -4.71. The molecule has 3 heterocycles. The van der Waals surface area contributed by atoms with Crippen LogP contribution >= 0.6 is 35.2 Å². The van der Waals surface area contributed by atoms with Crippen LogP contribution in [0.3, 0.4) is 0 Å². The molecule has 0 atom stereocenters. The van der Waals surface area contributed by atoms with E-state index in [1.54, 1.807) is 12.1 Å². The van der Waals surface area contributed by atoms with Crippen LogP contribution in [0.2, 0.25) is 4.34 Å². The summed E-state index contributed by atoms with van der Waals surface area (Å²) in [5.41, 5.74) is -2.03. The number of hydrogen-bond acceptors (Lipinski definition) is 4. The first-order chi connectivity index (χ1) is 10.7. The van der Waals surface area contributed by atoms with Gasteiger partial charge in [0.25, 0.3) is 5.56 Å². The highest BCUT2D eigenvalue weighted by molar-refractivity contribution is 7.71. The van der Waals surface area contributed by atoms with E-state index in [1.807, 2.05) is 0 Å². The molecule has 120 valence electrons. The van der Waals surface area contributed by atoms with Crippen LogP contribution in [0.1, 0.15) is 5.56 Å². The Balaban J connectivity index is 2.50. The number of pyridine rings is 1. The van der Waals surface area contributed by atoms with Crippen LogP contribution in [0.25, 0.3) is 21.6 Å². The normalized spacial score (nSPS) is 12.0. The average Bonchev–Trinajstić information content (AvgIpc) is 2.89. The van der Waals surface area contributed by atoms with Crippen LogP contribution in [0.15, 0.2) is 23.0 Å². The Bertz CT molecular complexity index is 1040. The van der Waals surface area contributed by atoms with Crippen LogP contribution in [-0.4, -0.2) is 14.5 Å². The van der Waals surface area contributed by atoms with Gasteiger partial charge in [-0.2, -0.15) is 13.2 Å². The van der Waals surface area contributed by atoms with Crippen molar-refractivity contribution in [2.45, 2.75) is 6.18 Å². The zero-order chi connectivity index (χ0) is 16.9. The quantitative estimate of drug-likeness (QED) is 0.640. The number of H-pyrrole nitrogens is 1. The van der Waals surface area contributed by atoms with E-state index in [2.05, 4.69) is 9.97 Å². The van der Waals surface area contributed by atoms with Crippen molar-refractivity contribution in [3.05, 3.63) is 43.2 Å². The first-order valence-electron chi connectivity index (χ1n) is 6.15. The lowest BCUT2D eigenvalue weighted by atomic mass is 10.1. The van der Waals surface area contributed by atoms with Gasteiger partial charge in [-0.05, 0) is 30.4 Å². The molecule has 0 amide bonds. The van der Waals surface area contributed by atoms with Gasteiger partial charge in [-0.3, -0.25) is 9.78 Å². The van der Waals surface area contributed by atoms with Gasteiger partial charge < -0.3 is 4.57 Å². The third-order valence-corrected chi connectivity index (χ3v) is 4.83. The number of nitrogens with one attached hydrogen (secondary N) is 1. The first-order valence-corrected chi connectivity index (χ1v) is 7.75. The van der Waals surface area contributed by atoms with Gasteiger partial charge in [0.05, 0.1) is 25.9 Å². The molecule has 0 aromatic carbocycles. The largest absolute Gasteiger partial charge is 0.417 e. The first kappa shape index (κ1) is 16.2. The maximum atomic E-state index is 13.4. The minimum Gasteiger partial charge on any atom is -0.306 e. The number of thiophene rings is 1. The van der Waals surface area contributed by atoms with E-state index in [-0.39, 0.29) is 16.1 Å². The van der Waals surface area contributed by atoms with Crippen molar-refractivity contribution in [3.8, 4) is 10.6 Å². The number of aromatic amines is 1. The number of fused-ring (bicyclic) bond motifs is 1. The third kappa shape index (κ3) is 2.79. The number of halogens is 4. The van der Waals surface area contributed by atoms with Crippen molar-refractivity contribution in [2.24, 2.45) is 7.05 Å². The molecule has 23 heavy (non-hydrogen) atoms. The Morgan fingerprint density at radius 3 is 2.65 bits per heavy atom. The Hall–Kier alpha value is -1.71. The lowest BCUT2D eigenvalue weighted by molar-refractivity contribution is -0.136. The summed E-state index contributed by atoms with van der Waals surface area (Å²) in [6, 6.07) is 3.99. The van der Waals surface area contributed by atoms with E-state index in [9.17, 15) is 18.0 Å². The monoisotopic (exact) mass is 377 g/mol. The van der Waals surface area contributed by atoms with Gasteiger partial charge in [-0.1, -0.05) is 11.6 Å². The fourth-order valence-corrected chi connectivity index (χ4v) is 3.32. The van der Waals surface area contributed by atoms with Crippen LogP contribution in [0.4, 0.5) is 13.2 Å². The zero-order valence-electron chi connectivity index (χ0n) is 11.4. The number of alkyl halides is 3. The van der Waals surface area contributed by atoms with Gasteiger partial charge >= 0.3 is 6.18 Å². The summed E-state index contributed by atoms with van der Waals surface area (Å²) in [4.78, 5) is 18.8. The molecule has 4 nitrogen and oxygen atoms in total. The Morgan fingerprint density at radius 2 is 2.09 bits per heavy atom. The summed E-state index contributed by atoms with van der Waals surface area (Å²) in [6.45, 7) is 0. The maximum Gasteiger partial charge on any atom is 0.417 e. The smallest absolute Gasteiger partial charge is 0.306 e. The van der Waals surface area contributed by atoms with Crippen molar-refractivity contribution in [2.75, 3.05) is 0 Å². The molecule has 0 saturated carbocycles. The number of nitrogens with zero attached hydrogens (tertiary/aromatic N) is 2. The number of rotatable bonds is 1. The number of aryl methyl sites for hydroxylation is 1. The van der Waals surface area contributed by atoms with Crippen molar-refractivity contribution in [1.29, 1.82) is 0 Å². The van der Waals surface area contributed by atoms with E-state index < -0.39 is 22.7 Å². The van der Waals surface area contributed by atoms with Gasteiger partial charge in [0.15, 0.2) is 4.77 Å².